The van der Waals surface area contributed by atoms with Gasteiger partial charge in [0.2, 0.25) is 0 Å². The number of aromatic nitrogens is 2. The van der Waals surface area contributed by atoms with Crippen molar-refractivity contribution in [1.82, 2.24) is 10.2 Å². The van der Waals surface area contributed by atoms with Gasteiger partial charge in [0, 0.05) is 24.1 Å². The van der Waals surface area contributed by atoms with Crippen LogP contribution in [0.15, 0.2) is 29.0 Å². The first kappa shape index (κ1) is 9.02. The third kappa shape index (κ3) is 1.85. The minimum absolute atomic E-state index is 0.632. The van der Waals surface area contributed by atoms with E-state index in [-0.39, 0.29) is 0 Å². The van der Waals surface area contributed by atoms with Crippen LogP contribution in [0.4, 0.5) is 0 Å². The quantitative estimate of drug-likeness (QED) is 0.760. The predicted molar refractivity (Wildman–Crippen MR) is 52.9 cm³/mol. The van der Waals surface area contributed by atoms with E-state index in [4.69, 9.17) is 10.2 Å². The monoisotopic (exact) mass is 191 g/mol. The van der Waals surface area contributed by atoms with Crippen LogP contribution in [-0.4, -0.2) is 16.7 Å². The molecule has 0 radical (unpaired) electrons. The van der Waals surface area contributed by atoms with Gasteiger partial charge in [-0.15, -0.1) is 0 Å². The first-order chi connectivity index (χ1) is 6.90. The number of nitrogens with one attached hydrogen (secondary N) is 1. The van der Waals surface area contributed by atoms with Gasteiger partial charge in [0.1, 0.15) is 5.76 Å². The van der Waals surface area contributed by atoms with Crippen molar-refractivity contribution in [3.8, 4) is 0 Å². The Morgan fingerprint density at radius 1 is 1.50 bits per heavy atom. The van der Waals surface area contributed by atoms with Gasteiger partial charge in [-0.05, 0) is 18.7 Å². The maximum atomic E-state index is 5.49. The summed E-state index contributed by atoms with van der Waals surface area (Å²) in [6.07, 6.45) is 5.11. The zero-order chi connectivity index (χ0) is 9.80. The molecule has 14 heavy (non-hydrogen) atoms. The molecule has 0 aliphatic carbocycles. The molecule has 74 valence electrons. The average molecular weight is 191 g/mol. The van der Waals surface area contributed by atoms with Gasteiger partial charge in [0.05, 0.1) is 12.5 Å². The fourth-order valence-corrected chi connectivity index (χ4v) is 1.45. The maximum Gasteiger partial charge on any atom is 0.108 e. The van der Waals surface area contributed by atoms with Crippen molar-refractivity contribution in [1.29, 1.82) is 0 Å². The van der Waals surface area contributed by atoms with E-state index in [1.54, 1.807) is 6.26 Å². The summed E-state index contributed by atoms with van der Waals surface area (Å²) in [5.41, 5.74) is 7.75. The highest BCUT2D eigenvalue weighted by Crippen LogP contribution is 2.12. The maximum absolute atomic E-state index is 5.49. The van der Waals surface area contributed by atoms with E-state index in [2.05, 4.69) is 10.2 Å². The third-order valence-corrected chi connectivity index (χ3v) is 2.15. The summed E-state index contributed by atoms with van der Waals surface area (Å²) in [5, 5.41) is 6.95. The first-order valence-electron chi connectivity index (χ1n) is 4.63. The Balaban J connectivity index is 2.12. The van der Waals surface area contributed by atoms with Crippen LogP contribution in [0.25, 0.3) is 0 Å². The van der Waals surface area contributed by atoms with Crippen LogP contribution in [0.1, 0.15) is 17.0 Å². The molecule has 0 saturated heterocycles. The Kier molecular flexibility index (Phi) is 2.65. The van der Waals surface area contributed by atoms with E-state index in [1.807, 2.05) is 18.3 Å². The Morgan fingerprint density at radius 2 is 2.43 bits per heavy atom. The number of rotatable bonds is 4. The molecule has 0 aromatic carbocycles. The minimum Gasteiger partial charge on any atom is -0.469 e. The van der Waals surface area contributed by atoms with E-state index in [9.17, 15) is 0 Å². The second kappa shape index (κ2) is 4.11. The molecule has 2 aromatic rings. The van der Waals surface area contributed by atoms with Gasteiger partial charge in [-0.3, -0.25) is 5.10 Å². The average Bonchev–Trinajstić information content (AvgIpc) is 2.80. The molecule has 0 atom stereocenters. The van der Waals surface area contributed by atoms with Gasteiger partial charge < -0.3 is 10.2 Å². The van der Waals surface area contributed by atoms with Gasteiger partial charge in [-0.25, -0.2) is 0 Å². The Morgan fingerprint density at radius 3 is 3.14 bits per heavy atom. The van der Waals surface area contributed by atoms with E-state index in [0.717, 1.165) is 29.9 Å². The molecule has 2 heterocycles. The van der Waals surface area contributed by atoms with Crippen LogP contribution in [0, 0.1) is 0 Å². The molecule has 2 aromatic heterocycles. The molecule has 0 bridgehead atoms. The van der Waals surface area contributed by atoms with Crippen molar-refractivity contribution in [3.05, 3.63) is 41.6 Å². The minimum atomic E-state index is 0.632. The number of nitrogens with zero attached hydrogens (tertiary/aromatic N) is 1. The highest BCUT2D eigenvalue weighted by Gasteiger charge is 2.06. The van der Waals surface area contributed by atoms with Crippen molar-refractivity contribution in [3.63, 3.8) is 0 Å². The molecule has 4 nitrogen and oxygen atoms in total. The summed E-state index contributed by atoms with van der Waals surface area (Å²) < 4.78 is 5.27. The van der Waals surface area contributed by atoms with E-state index in [0.29, 0.717) is 6.54 Å². The normalized spacial score (nSPS) is 10.6. The highest BCUT2D eigenvalue weighted by atomic mass is 16.3. The van der Waals surface area contributed by atoms with Gasteiger partial charge in [-0.2, -0.15) is 5.10 Å². The smallest absolute Gasteiger partial charge is 0.108 e. The molecule has 0 aliphatic rings. The van der Waals surface area contributed by atoms with Crippen LogP contribution < -0.4 is 5.73 Å². The van der Waals surface area contributed by atoms with Gasteiger partial charge >= 0.3 is 0 Å². The van der Waals surface area contributed by atoms with Crippen LogP contribution in [-0.2, 0) is 12.8 Å². The van der Waals surface area contributed by atoms with Crippen LogP contribution in [0.5, 0.6) is 0 Å². The van der Waals surface area contributed by atoms with Crippen molar-refractivity contribution in [2.45, 2.75) is 12.8 Å². The topological polar surface area (TPSA) is 67.8 Å². The van der Waals surface area contributed by atoms with Gasteiger partial charge in [0.15, 0.2) is 0 Å². The zero-order valence-electron chi connectivity index (χ0n) is 7.86. The van der Waals surface area contributed by atoms with Crippen LogP contribution in [0.3, 0.4) is 0 Å². The lowest BCUT2D eigenvalue weighted by molar-refractivity contribution is 0.520. The molecular weight excluding hydrogens is 178 g/mol. The lowest BCUT2D eigenvalue weighted by Gasteiger charge is -1.98. The standard InChI is InChI=1S/C10H13N3O/c11-4-3-10-8(7-12-13-10)6-9-2-1-5-14-9/h1-2,5,7H,3-4,6,11H2,(H,12,13). The zero-order valence-corrected chi connectivity index (χ0v) is 7.86. The van der Waals surface area contributed by atoms with Gasteiger partial charge in [-0.1, -0.05) is 0 Å². The van der Waals surface area contributed by atoms with Crippen molar-refractivity contribution < 1.29 is 4.42 Å². The van der Waals surface area contributed by atoms with Crippen molar-refractivity contribution in [2.75, 3.05) is 6.54 Å². The summed E-state index contributed by atoms with van der Waals surface area (Å²) in [6.45, 7) is 0.632. The predicted octanol–water partition coefficient (Wildman–Crippen LogP) is 1.09. The van der Waals surface area contributed by atoms with Gasteiger partial charge in [0.25, 0.3) is 0 Å². The molecule has 0 spiro atoms. The SMILES string of the molecule is NCCc1[nH]ncc1Cc1ccco1. The molecule has 0 fully saturated rings. The van der Waals surface area contributed by atoms with Crippen LogP contribution in [0.2, 0.25) is 0 Å². The summed E-state index contributed by atoms with van der Waals surface area (Å²) >= 11 is 0. The van der Waals surface area contributed by atoms with Crippen molar-refractivity contribution >= 4 is 0 Å². The number of hydrogen-bond acceptors (Lipinski definition) is 3. The Labute approximate surface area is 82.1 Å². The highest BCUT2D eigenvalue weighted by molar-refractivity contribution is 5.22. The summed E-state index contributed by atoms with van der Waals surface area (Å²) in [4.78, 5) is 0. The number of nitrogens with two attached hydrogens (primary N) is 1. The van der Waals surface area contributed by atoms with Crippen LogP contribution >= 0.6 is 0 Å². The molecule has 0 aliphatic heterocycles. The fourth-order valence-electron chi connectivity index (χ4n) is 1.45. The second-order valence-electron chi connectivity index (χ2n) is 3.17. The molecular formula is C10H13N3O. The Bertz CT molecular complexity index is 378. The van der Waals surface area contributed by atoms with E-state index >= 15 is 0 Å². The second-order valence-corrected chi connectivity index (χ2v) is 3.17. The lowest BCUT2D eigenvalue weighted by Crippen LogP contribution is -2.05. The molecule has 2 rings (SSSR count). The molecule has 4 heteroatoms. The number of H-pyrrole nitrogens is 1. The Hall–Kier alpha value is -1.55. The van der Waals surface area contributed by atoms with Crippen molar-refractivity contribution in [2.24, 2.45) is 5.73 Å². The third-order valence-electron chi connectivity index (χ3n) is 2.15. The number of aromatic amines is 1. The summed E-state index contributed by atoms with van der Waals surface area (Å²) in [5.74, 6) is 0.949. The van der Waals surface area contributed by atoms with E-state index in [1.165, 1.54) is 0 Å². The molecule has 0 unspecified atom stereocenters. The molecule has 0 saturated carbocycles. The summed E-state index contributed by atoms with van der Waals surface area (Å²) in [7, 11) is 0. The first-order valence-corrected chi connectivity index (χ1v) is 4.63. The largest absolute Gasteiger partial charge is 0.469 e. The molecule has 3 N–H and O–H groups in total. The lowest BCUT2D eigenvalue weighted by atomic mass is 10.1. The summed E-state index contributed by atoms with van der Waals surface area (Å²) in [6, 6.07) is 3.84. The van der Waals surface area contributed by atoms with E-state index < -0.39 is 0 Å². The number of furan rings is 1. The number of hydrogen-bond donors (Lipinski definition) is 2. The molecule has 0 amide bonds. The fraction of sp³-hybridized carbons (Fsp3) is 0.300.